The van der Waals surface area contributed by atoms with Crippen molar-refractivity contribution in [3.05, 3.63) is 62.1 Å². The molecule has 11 heteroatoms. The summed E-state index contributed by atoms with van der Waals surface area (Å²) in [6.45, 7) is 1.32. The Bertz CT molecular complexity index is 1290. The zero-order valence-corrected chi connectivity index (χ0v) is 18.3. The molecule has 0 saturated carbocycles. The second kappa shape index (κ2) is 7.60. The van der Waals surface area contributed by atoms with Crippen molar-refractivity contribution < 1.29 is 33.7 Å². The number of aliphatic hydroxyl groups is 2. The Hall–Kier alpha value is -3.31. The summed E-state index contributed by atoms with van der Waals surface area (Å²) in [5, 5.41) is 34.9. The van der Waals surface area contributed by atoms with Crippen molar-refractivity contribution in [1.82, 2.24) is 14.8 Å². The van der Waals surface area contributed by atoms with E-state index in [4.69, 9.17) is 0 Å². The molecule has 180 valence electrons. The molecular weight excluding hydrogens is 452 g/mol. The molecule has 1 aromatic heterocycles. The number of hydrogen-bond acceptors (Lipinski definition) is 6. The molecule has 0 radical (unpaired) electrons. The van der Waals surface area contributed by atoms with Crippen molar-refractivity contribution in [3.63, 3.8) is 0 Å². The minimum atomic E-state index is -1.69. The number of carbonyl (C=O) groups excluding carboxylic acids is 2. The number of aromatic hydroxyl groups is 1. The zero-order valence-electron chi connectivity index (χ0n) is 18.3. The lowest BCUT2D eigenvalue weighted by atomic mass is 9.86. The summed E-state index contributed by atoms with van der Waals surface area (Å²) in [5.41, 5.74) is -3.85. The number of halogens is 2. The molecule has 2 aromatic rings. The molecular formula is C23H23F2N3O6. The van der Waals surface area contributed by atoms with E-state index in [2.05, 4.69) is 5.32 Å². The minimum absolute atomic E-state index is 0.0488. The Kier molecular flexibility index (Phi) is 5.03. The quantitative estimate of drug-likeness (QED) is 0.520. The maximum absolute atomic E-state index is 14.2. The minimum Gasteiger partial charge on any atom is -0.503 e. The van der Waals surface area contributed by atoms with Gasteiger partial charge in [-0.1, -0.05) is 0 Å². The number of carbonyl (C=O) groups is 2. The van der Waals surface area contributed by atoms with Crippen LogP contribution in [0, 0.1) is 18.6 Å². The van der Waals surface area contributed by atoms with Gasteiger partial charge in [0, 0.05) is 25.2 Å². The average molecular weight is 475 g/mol. The van der Waals surface area contributed by atoms with Crippen LogP contribution in [-0.2, 0) is 12.1 Å². The highest BCUT2D eigenvalue weighted by atomic mass is 19.1. The molecule has 1 saturated heterocycles. The molecule has 0 unspecified atom stereocenters. The van der Waals surface area contributed by atoms with Crippen molar-refractivity contribution in [1.29, 1.82) is 0 Å². The standard InChI is InChI=1S/C23H23F2N3O6/c1-10-6-12(24)11(13(25)7-10)8-26-21(33)14-15-19(31)20(32)23-4-2-3-5-27(9-23)22(34)16(28(15)23)18(30)17(14)29/h6-7,19-20,30-32H,2-5,8-9H2,1H3,(H,26,33)/t19-,20+,23-/m0/s1. The summed E-state index contributed by atoms with van der Waals surface area (Å²) in [5.74, 6) is -4.47. The van der Waals surface area contributed by atoms with E-state index >= 15 is 0 Å². The average Bonchev–Trinajstić information content (AvgIpc) is 2.92. The highest BCUT2D eigenvalue weighted by Gasteiger charge is 2.59. The summed E-state index contributed by atoms with van der Waals surface area (Å²) >= 11 is 0. The number of benzene rings is 1. The number of rotatable bonds is 3. The predicted octanol–water partition coefficient (Wildman–Crippen LogP) is 0.813. The number of pyridine rings is 1. The van der Waals surface area contributed by atoms with Crippen LogP contribution in [0.15, 0.2) is 16.9 Å². The Balaban J connectivity index is 1.64. The van der Waals surface area contributed by atoms with Gasteiger partial charge >= 0.3 is 0 Å². The molecule has 3 aliphatic heterocycles. The number of hydrogen-bond donors (Lipinski definition) is 4. The first kappa shape index (κ1) is 22.5. The summed E-state index contributed by atoms with van der Waals surface area (Å²) in [6.07, 6.45) is -1.55. The van der Waals surface area contributed by atoms with E-state index in [-0.39, 0.29) is 17.9 Å². The number of amides is 2. The smallest absolute Gasteiger partial charge is 0.274 e. The van der Waals surface area contributed by atoms with E-state index in [1.54, 1.807) is 0 Å². The number of aryl methyl sites for hydroxylation is 1. The first-order valence-electron chi connectivity index (χ1n) is 11.0. The lowest BCUT2D eigenvalue weighted by Crippen LogP contribution is -2.56. The van der Waals surface area contributed by atoms with Crippen LogP contribution < -0.4 is 10.7 Å². The van der Waals surface area contributed by atoms with Crippen molar-refractivity contribution in [2.45, 2.75) is 50.5 Å². The van der Waals surface area contributed by atoms with Crippen molar-refractivity contribution in [2.75, 3.05) is 13.1 Å². The summed E-state index contributed by atoms with van der Waals surface area (Å²) in [7, 11) is 0. The molecule has 1 spiro atoms. The second-order valence-corrected chi connectivity index (χ2v) is 9.19. The van der Waals surface area contributed by atoms with Crippen molar-refractivity contribution in [3.8, 4) is 5.75 Å². The lowest BCUT2D eigenvalue weighted by molar-refractivity contribution is -0.0431. The highest BCUT2D eigenvalue weighted by Crippen LogP contribution is 2.49. The molecule has 1 fully saturated rings. The fraction of sp³-hybridized carbons (Fsp3) is 0.435. The molecule has 2 bridgehead atoms. The normalized spacial score (nSPS) is 25.2. The van der Waals surface area contributed by atoms with Gasteiger partial charge in [0.1, 0.15) is 29.4 Å². The van der Waals surface area contributed by atoms with E-state index in [1.165, 1.54) is 16.4 Å². The topological polar surface area (TPSA) is 132 Å². The van der Waals surface area contributed by atoms with Crippen LogP contribution in [0.3, 0.4) is 0 Å². The van der Waals surface area contributed by atoms with Crippen LogP contribution in [0.5, 0.6) is 5.75 Å². The van der Waals surface area contributed by atoms with Gasteiger partial charge in [0.15, 0.2) is 11.4 Å². The van der Waals surface area contributed by atoms with Gasteiger partial charge in [0.25, 0.3) is 11.8 Å². The first-order valence-corrected chi connectivity index (χ1v) is 11.0. The molecule has 3 aliphatic rings. The molecule has 34 heavy (non-hydrogen) atoms. The third kappa shape index (κ3) is 2.93. The molecule has 1 aromatic carbocycles. The van der Waals surface area contributed by atoms with Gasteiger partial charge < -0.3 is 30.1 Å². The second-order valence-electron chi connectivity index (χ2n) is 9.19. The molecule has 2 amide bonds. The third-order valence-electron chi connectivity index (χ3n) is 7.14. The Morgan fingerprint density at radius 2 is 1.88 bits per heavy atom. The van der Waals surface area contributed by atoms with E-state index in [0.717, 1.165) is 12.1 Å². The largest absolute Gasteiger partial charge is 0.503 e. The van der Waals surface area contributed by atoms with Gasteiger partial charge in [0.05, 0.1) is 11.2 Å². The fourth-order valence-corrected chi connectivity index (χ4v) is 5.54. The molecule has 4 heterocycles. The number of aromatic nitrogens is 1. The van der Waals surface area contributed by atoms with Crippen LogP contribution in [-0.4, -0.2) is 55.8 Å². The first-order chi connectivity index (χ1) is 16.1. The molecule has 5 rings (SSSR count). The third-order valence-corrected chi connectivity index (χ3v) is 7.14. The summed E-state index contributed by atoms with van der Waals surface area (Å²) in [6, 6.07) is 2.19. The van der Waals surface area contributed by atoms with Crippen LogP contribution in [0.4, 0.5) is 8.78 Å². The van der Waals surface area contributed by atoms with Gasteiger partial charge in [0.2, 0.25) is 5.43 Å². The molecule has 4 N–H and O–H groups in total. The predicted molar refractivity (Wildman–Crippen MR) is 113 cm³/mol. The van der Waals surface area contributed by atoms with Crippen LogP contribution in [0.25, 0.3) is 0 Å². The number of nitrogens with one attached hydrogen (secondary N) is 1. The van der Waals surface area contributed by atoms with Crippen molar-refractivity contribution >= 4 is 11.8 Å². The maximum Gasteiger partial charge on any atom is 0.274 e. The SMILES string of the molecule is Cc1cc(F)c(CNC(=O)c2c3n4c(c(O)c2=O)C(=O)N2CCCC[C@]4(C2)[C@H](O)[C@H]3O)c(F)c1. The monoisotopic (exact) mass is 475 g/mol. The lowest BCUT2D eigenvalue weighted by Gasteiger charge is -2.43. The highest BCUT2D eigenvalue weighted by molar-refractivity contribution is 6.00. The van der Waals surface area contributed by atoms with E-state index in [1.807, 2.05) is 0 Å². The summed E-state index contributed by atoms with van der Waals surface area (Å²) < 4.78 is 29.7. The van der Waals surface area contributed by atoms with Gasteiger partial charge in [-0.2, -0.15) is 0 Å². The molecule has 9 nitrogen and oxygen atoms in total. The number of aliphatic hydroxyl groups excluding tert-OH is 2. The Morgan fingerprint density at radius 1 is 1.21 bits per heavy atom. The Morgan fingerprint density at radius 3 is 2.56 bits per heavy atom. The van der Waals surface area contributed by atoms with E-state index < -0.39 is 70.0 Å². The molecule has 3 atom stereocenters. The molecule has 0 aliphatic carbocycles. The van der Waals surface area contributed by atoms with Crippen LogP contribution in [0.1, 0.15) is 63.0 Å². The van der Waals surface area contributed by atoms with E-state index in [0.29, 0.717) is 31.4 Å². The van der Waals surface area contributed by atoms with Gasteiger partial charge in [-0.25, -0.2) is 8.78 Å². The maximum atomic E-state index is 14.2. The summed E-state index contributed by atoms with van der Waals surface area (Å²) in [4.78, 5) is 40.6. The van der Waals surface area contributed by atoms with Crippen molar-refractivity contribution in [2.24, 2.45) is 0 Å². The van der Waals surface area contributed by atoms with Gasteiger partial charge in [-0.3, -0.25) is 14.4 Å². The number of fused-ring (bicyclic) bond motifs is 1. The van der Waals surface area contributed by atoms with Crippen LogP contribution in [0.2, 0.25) is 0 Å². The Labute approximate surface area is 192 Å². The fourth-order valence-electron chi connectivity index (χ4n) is 5.54. The van der Waals surface area contributed by atoms with Gasteiger partial charge in [-0.15, -0.1) is 0 Å². The zero-order chi connectivity index (χ0) is 24.5. The van der Waals surface area contributed by atoms with Gasteiger partial charge in [-0.05, 0) is 43.9 Å². The van der Waals surface area contributed by atoms with Crippen LogP contribution >= 0.6 is 0 Å². The number of nitrogens with zero attached hydrogens (tertiary/aromatic N) is 2. The van der Waals surface area contributed by atoms with E-state index in [9.17, 15) is 38.5 Å².